The fourth-order valence-corrected chi connectivity index (χ4v) is 2.13. The van der Waals surface area contributed by atoms with Gasteiger partial charge in [-0.15, -0.1) is 0 Å². The van der Waals surface area contributed by atoms with Crippen molar-refractivity contribution in [2.45, 2.75) is 13.8 Å². The Kier molecular flexibility index (Phi) is 2.66. The van der Waals surface area contributed by atoms with Gasteiger partial charge in [0, 0.05) is 19.0 Å². The number of rotatable bonds is 1. The normalized spacial score (nSPS) is 40.5. The topological polar surface area (TPSA) is 20.3 Å². The van der Waals surface area contributed by atoms with Crippen molar-refractivity contribution < 1.29 is 4.79 Å². The van der Waals surface area contributed by atoms with Gasteiger partial charge in [0.25, 0.3) is 0 Å². The Morgan fingerprint density at radius 2 is 1.73 bits per heavy atom. The second kappa shape index (κ2) is 3.35. The van der Waals surface area contributed by atoms with E-state index in [-0.39, 0.29) is 5.92 Å². The van der Waals surface area contributed by atoms with E-state index in [0.717, 1.165) is 19.4 Å². The van der Waals surface area contributed by atoms with Gasteiger partial charge in [-0.2, -0.15) is 0 Å². The molecule has 0 N–H and O–H groups in total. The Balaban J connectivity index is 2.58. The smallest absolute Gasteiger partial charge is 0.123 e. The predicted octanol–water partition coefficient (Wildman–Crippen LogP) is 1.02. The van der Waals surface area contributed by atoms with Gasteiger partial charge in [0.05, 0.1) is 0 Å². The maximum Gasteiger partial charge on any atom is 0.123 e. The number of likely N-dealkylation sites (tertiary alicyclic amines) is 1. The zero-order valence-electron chi connectivity index (χ0n) is 7.58. The van der Waals surface area contributed by atoms with Gasteiger partial charge in [-0.1, -0.05) is 13.8 Å². The molecule has 0 aromatic carbocycles. The number of aldehydes is 1. The van der Waals surface area contributed by atoms with Crippen LogP contribution < -0.4 is 0 Å². The van der Waals surface area contributed by atoms with Crippen LogP contribution in [0.4, 0.5) is 0 Å². The van der Waals surface area contributed by atoms with Crippen LogP contribution >= 0.6 is 0 Å². The summed E-state index contributed by atoms with van der Waals surface area (Å²) in [6.45, 7) is 6.44. The standard InChI is InChI=1S/C9H17NO/c1-7-4-10(3)5-8(2)9(7)6-11/h6-9H,4-5H2,1-3H3. The largest absolute Gasteiger partial charge is 0.306 e. The Morgan fingerprint density at radius 1 is 1.27 bits per heavy atom. The van der Waals surface area contributed by atoms with Crippen LogP contribution in [-0.4, -0.2) is 31.3 Å². The van der Waals surface area contributed by atoms with Crippen molar-refractivity contribution in [3.63, 3.8) is 0 Å². The van der Waals surface area contributed by atoms with Gasteiger partial charge in [0.1, 0.15) is 6.29 Å². The van der Waals surface area contributed by atoms with Crippen molar-refractivity contribution >= 4 is 6.29 Å². The Labute approximate surface area is 68.6 Å². The zero-order valence-corrected chi connectivity index (χ0v) is 7.58. The van der Waals surface area contributed by atoms with E-state index in [2.05, 4.69) is 25.8 Å². The fourth-order valence-electron chi connectivity index (χ4n) is 2.13. The third-order valence-corrected chi connectivity index (χ3v) is 2.67. The molecule has 0 aromatic heterocycles. The van der Waals surface area contributed by atoms with Crippen LogP contribution in [0.15, 0.2) is 0 Å². The Bertz CT molecular complexity index is 134. The average Bonchev–Trinajstić information content (AvgIpc) is 1.85. The highest BCUT2D eigenvalue weighted by Gasteiger charge is 2.29. The SMILES string of the molecule is CC1CN(C)CC(C)C1C=O. The van der Waals surface area contributed by atoms with Gasteiger partial charge in [0.15, 0.2) is 0 Å². The van der Waals surface area contributed by atoms with Crippen molar-refractivity contribution in [2.24, 2.45) is 17.8 Å². The molecule has 0 spiro atoms. The minimum atomic E-state index is 0.284. The van der Waals surface area contributed by atoms with E-state index in [4.69, 9.17) is 0 Å². The van der Waals surface area contributed by atoms with Gasteiger partial charge in [-0.3, -0.25) is 0 Å². The molecule has 0 saturated carbocycles. The number of hydrogen-bond acceptors (Lipinski definition) is 2. The Hall–Kier alpha value is -0.370. The number of hydrogen-bond donors (Lipinski definition) is 0. The molecule has 2 heteroatoms. The molecule has 64 valence electrons. The van der Waals surface area contributed by atoms with Crippen LogP contribution in [-0.2, 0) is 4.79 Å². The van der Waals surface area contributed by atoms with Gasteiger partial charge in [-0.25, -0.2) is 0 Å². The van der Waals surface area contributed by atoms with Crippen LogP contribution in [0, 0.1) is 17.8 Å². The molecule has 0 aromatic rings. The maximum absolute atomic E-state index is 10.7. The summed E-state index contributed by atoms with van der Waals surface area (Å²) < 4.78 is 0. The summed E-state index contributed by atoms with van der Waals surface area (Å²) in [6.07, 6.45) is 1.13. The van der Waals surface area contributed by atoms with Crippen molar-refractivity contribution in [2.75, 3.05) is 20.1 Å². The molecule has 0 radical (unpaired) electrons. The monoisotopic (exact) mass is 155 g/mol. The molecule has 2 atom stereocenters. The average molecular weight is 155 g/mol. The third-order valence-electron chi connectivity index (χ3n) is 2.67. The van der Waals surface area contributed by atoms with Crippen LogP contribution in [0.3, 0.4) is 0 Å². The van der Waals surface area contributed by atoms with Gasteiger partial charge in [-0.05, 0) is 18.9 Å². The third kappa shape index (κ3) is 1.80. The molecule has 1 saturated heterocycles. The number of piperidine rings is 1. The first-order valence-electron chi connectivity index (χ1n) is 4.29. The minimum absolute atomic E-state index is 0.284. The summed E-state index contributed by atoms with van der Waals surface area (Å²) >= 11 is 0. The summed E-state index contributed by atoms with van der Waals surface area (Å²) in [5.74, 6) is 1.34. The molecular weight excluding hydrogens is 138 g/mol. The van der Waals surface area contributed by atoms with E-state index in [0.29, 0.717) is 11.8 Å². The van der Waals surface area contributed by atoms with E-state index in [1.807, 2.05) is 0 Å². The first-order chi connectivity index (χ1) is 5.15. The van der Waals surface area contributed by atoms with Gasteiger partial charge < -0.3 is 9.69 Å². The van der Waals surface area contributed by atoms with E-state index in [1.54, 1.807) is 0 Å². The van der Waals surface area contributed by atoms with Crippen LogP contribution in [0.5, 0.6) is 0 Å². The first kappa shape index (κ1) is 8.72. The fraction of sp³-hybridized carbons (Fsp3) is 0.889. The van der Waals surface area contributed by atoms with Crippen molar-refractivity contribution in [1.29, 1.82) is 0 Å². The lowest BCUT2D eigenvalue weighted by molar-refractivity contribution is -0.115. The molecule has 1 fully saturated rings. The molecule has 11 heavy (non-hydrogen) atoms. The second-order valence-electron chi connectivity index (χ2n) is 3.89. The van der Waals surface area contributed by atoms with Gasteiger partial charge >= 0.3 is 0 Å². The molecule has 1 aliphatic heterocycles. The lowest BCUT2D eigenvalue weighted by Crippen LogP contribution is -2.42. The quantitative estimate of drug-likeness (QED) is 0.527. The molecule has 2 unspecified atom stereocenters. The molecule has 0 bridgehead atoms. The Morgan fingerprint density at radius 3 is 2.09 bits per heavy atom. The molecule has 2 nitrogen and oxygen atoms in total. The second-order valence-corrected chi connectivity index (χ2v) is 3.89. The summed E-state index contributed by atoms with van der Waals surface area (Å²) in [5.41, 5.74) is 0. The highest BCUT2D eigenvalue weighted by Crippen LogP contribution is 2.25. The number of carbonyl (C=O) groups excluding carboxylic acids is 1. The van der Waals surface area contributed by atoms with Crippen LogP contribution in [0.2, 0.25) is 0 Å². The molecule has 1 aliphatic rings. The lowest BCUT2D eigenvalue weighted by Gasteiger charge is -2.36. The summed E-state index contributed by atoms with van der Waals surface area (Å²) in [5, 5.41) is 0. The summed E-state index contributed by atoms with van der Waals surface area (Å²) in [4.78, 5) is 13.0. The summed E-state index contributed by atoms with van der Waals surface area (Å²) in [7, 11) is 2.12. The summed E-state index contributed by atoms with van der Waals surface area (Å²) in [6, 6.07) is 0. The molecule has 0 aliphatic carbocycles. The van der Waals surface area contributed by atoms with E-state index < -0.39 is 0 Å². The zero-order chi connectivity index (χ0) is 8.43. The molecule has 1 rings (SSSR count). The molecular formula is C9H17NO. The maximum atomic E-state index is 10.7. The van der Waals surface area contributed by atoms with E-state index in [1.165, 1.54) is 0 Å². The first-order valence-corrected chi connectivity index (χ1v) is 4.29. The highest BCUT2D eigenvalue weighted by molar-refractivity contribution is 5.54. The molecule has 0 amide bonds. The van der Waals surface area contributed by atoms with E-state index >= 15 is 0 Å². The van der Waals surface area contributed by atoms with E-state index in [9.17, 15) is 4.79 Å². The molecule has 1 heterocycles. The predicted molar refractivity (Wildman–Crippen MR) is 45.4 cm³/mol. The lowest BCUT2D eigenvalue weighted by atomic mass is 9.81. The minimum Gasteiger partial charge on any atom is -0.306 e. The number of carbonyl (C=O) groups is 1. The van der Waals surface area contributed by atoms with Crippen molar-refractivity contribution in [3.8, 4) is 0 Å². The van der Waals surface area contributed by atoms with Crippen molar-refractivity contribution in [3.05, 3.63) is 0 Å². The van der Waals surface area contributed by atoms with Gasteiger partial charge in [0.2, 0.25) is 0 Å². The van der Waals surface area contributed by atoms with Crippen molar-refractivity contribution in [1.82, 2.24) is 4.90 Å². The van der Waals surface area contributed by atoms with Crippen LogP contribution in [0.1, 0.15) is 13.8 Å². The van der Waals surface area contributed by atoms with Crippen LogP contribution in [0.25, 0.3) is 0 Å². The highest BCUT2D eigenvalue weighted by atomic mass is 16.1. The number of nitrogens with zero attached hydrogens (tertiary/aromatic N) is 1.